The van der Waals surface area contributed by atoms with Crippen molar-refractivity contribution in [3.05, 3.63) is 59.1 Å². The molecule has 27 heavy (non-hydrogen) atoms. The zero-order chi connectivity index (χ0) is 18.8. The summed E-state index contributed by atoms with van der Waals surface area (Å²) in [6.45, 7) is 2.69. The first-order valence-corrected chi connectivity index (χ1v) is 8.78. The van der Waals surface area contributed by atoms with Crippen molar-refractivity contribution in [2.45, 2.75) is 32.5 Å². The van der Waals surface area contributed by atoms with E-state index in [1.165, 1.54) is 4.57 Å². The Morgan fingerprint density at radius 2 is 1.89 bits per heavy atom. The van der Waals surface area contributed by atoms with Crippen LogP contribution in [0, 0.1) is 0 Å². The van der Waals surface area contributed by atoms with Crippen molar-refractivity contribution >= 4 is 28.0 Å². The molecule has 0 aliphatic carbocycles. The van der Waals surface area contributed by atoms with E-state index in [2.05, 4.69) is 15.6 Å². The van der Waals surface area contributed by atoms with Crippen LogP contribution in [-0.2, 0) is 17.9 Å². The zero-order valence-corrected chi connectivity index (χ0v) is 14.8. The predicted octanol–water partition coefficient (Wildman–Crippen LogP) is 1.93. The molecule has 1 amide bonds. The van der Waals surface area contributed by atoms with Crippen LogP contribution in [-0.4, -0.2) is 31.5 Å². The number of benzene rings is 2. The largest absolute Gasteiger partial charge is 0.419 e. The van der Waals surface area contributed by atoms with E-state index >= 15 is 0 Å². The van der Waals surface area contributed by atoms with Gasteiger partial charge < -0.3 is 9.73 Å². The van der Waals surface area contributed by atoms with E-state index in [4.69, 9.17) is 4.42 Å². The second-order valence-corrected chi connectivity index (χ2v) is 6.47. The summed E-state index contributed by atoms with van der Waals surface area (Å²) in [5, 5.41) is 11.2. The number of aromatic nitrogens is 4. The molecule has 4 rings (SSSR count). The van der Waals surface area contributed by atoms with E-state index in [-0.39, 0.29) is 24.9 Å². The molecule has 8 nitrogen and oxygen atoms in total. The summed E-state index contributed by atoms with van der Waals surface area (Å²) in [7, 11) is 0. The number of aryl methyl sites for hydroxylation is 1. The summed E-state index contributed by atoms with van der Waals surface area (Å²) in [6.07, 6.45) is 0.186. The molecule has 0 saturated carbocycles. The molecule has 0 saturated heterocycles. The van der Waals surface area contributed by atoms with Gasteiger partial charge in [-0.25, -0.2) is 9.48 Å². The molecule has 0 bridgehead atoms. The monoisotopic (exact) mass is 365 g/mol. The first-order chi connectivity index (χ1) is 13.1. The van der Waals surface area contributed by atoms with E-state index in [1.54, 1.807) is 22.9 Å². The quantitative estimate of drug-likeness (QED) is 0.563. The van der Waals surface area contributed by atoms with Crippen LogP contribution in [0.5, 0.6) is 0 Å². The smallest absolute Gasteiger partial charge is 0.408 e. The maximum atomic E-state index is 12.3. The summed E-state index contributed by atoms with van der Waals surface area (Å²) in [5.74, 6) is -0.588. The van der Waals surface area contributed by atoms with Gasteiger partial charge in [-0.05, 0) is 31.2 Å². The molecule has 0 fully saturated rings. The lowest BCUT2D eigenvalue weighted by molar-refractivity contribution is -0.122. The molecule has 2 heterocycles. The number of carbonyl (C=O) groups is 1. The Morgan fingerprint density at radius 3 is 2.74 bits per heavy atom. The molecule has 0 aliphatic rings. The maximum Gasteiger partial charge on any atom is 0.419 e. The number of rotatable bonds is 6. The summed E-state index contributed by atoms with van der Waals surface area (Å²) in [6, 6.07) is 14.7. The molecule has 0 unspecified atom stereocenters. The highest BCUT2D eigenvalue weighted by Crippen LogP contribution is 2.12. The molecule has 1 atom stereocenters. The van der Waals surface area contributed by atoms with Crippen LogP contribution in [0.15, 0.2) is 57.7 Å². The van der Waals surface area contributed by atoms with Crippen molar-refractivity contribution in [3.8, 4) is 0 Å². The van der Waals surface area contributed by atoms with E-state index in [0.717, 1.165) is 11.0 Å². The standard InChI is InChI=1S/C19H19N5O3/c1-13(12-24-15-7-3-2-6-14(15)21-22-24)20-18(25)10-11-23-16-8-4-5-9-17(16)27-19(23)26/h2-9,13H,10-12H2,1H3,(H,20,25)/t13-/m0/s1. The van der Waals surface area contributed by atoms with Gasteiger partial charge >= 0.3 is 5.76 Å². The average Bonchev–Trinajstić information content (AvgIpc) is 3.20. The maximum absolute atomic E-state index is 12.3. The first-order valence-electron chi connectivity index (χ1n) is 8.78. The fraction of sp³-hybridized carbons (Fsp3) is 0.263. The number of carbonyl (C=O) groups excluding carboxylic acids is 1. The van der Waals surface area contributed by atoms with Gasteiger partial charge in [0.1, 0.15) is 5.52 Å². The van der Waals surface area contributed by atoms with Gasteiger partial charge in [-0.3, -0.25) is 9.36 Å². The van der Waals surface area contributed by atoms with E-state index in [1.807, 2.05) is 37.3 Å². The molecule has 0 radical (unpaired) electrons. The third kappa shape index (κ3) is 3.46. The first kappa shape index (κ1) is 17.0. The van der Waals surface area contributed by atoms with Crippen molar-refractivity contribution in [1.82, 2.24) is 24.9 Å². The van der Waals surface area contributed by atoms with Gasteiger partial charge in [0.2, 0.25) is 5.91 Å². The number of hydrogen-bond donors (Lipinski definition) is 1. The Labute approximate surface area is 154 Å². The number of amides is 1. The van der Waals surface area contributed by atoms with Crippen LogP contribution in [0.25, 0.3) is 22.1 Å². The Bertz CT molecular complexity index is 1160. The van der Waals surface area contributed by atoms with Crippen molar-refractivity contribution in [1.29, 1.82) is 0 Å². The fourth-order valence-corrected chi connectivity index (χ4v) is 3.14. The van der Waals surface area contributed by atoms with E-state index < -0.39 is 5.76 Å². The third-order valence-electron chi connectivity index (χ3n) is 4.41. The van der Waals surface area contributed by atoms with Crippen molar-refractivity contribution in [3.63, 3.8) is 0 Å². The van der Waals surface area contributed by atoms with Crippen LogP contribution in [0.2, 0.25) is 0 Å². The lowest BCUT2D eigenvalue weighted by Gasteiger charge is -2.14. The van der Waals surface area contributed by atoms with Crippen LogP contribution in [0.3, 0.4) is 0 Å². The Balaban J connectivity index is 1.37. The molecule has 138 valence electrons. The highest BCUT2D eigenvalue weighted by atomic mass is 16.4. The SMILES string of the molecule is C[C@@H](Cn1nnc2ccccc21)NC(=O)CCn1c(=O)oc2ccccc21. The normalized spacial score (nSPS) is 12.5. The lowest BCUT2D eigenvalue weighted by Crippen LogP contribution is -2.36. The summed E-state index contributed by atoms with van der Waals surface area (Å²) < 4.78 is 8.43. The summed E-state index contributed by atoms with van der Waals surface area (Å²) in [5.41, 5.74) is 2.96. The van der Waals surface area contributed by atoms with E-state index in [0.29, 0.717) is 17.6 Å². The number of nitrogens with one attached hydrogen (secondary N) is 1. The van der Waals surface area contributed by atoms with Crippen LogP contribution in [0.4, 0.5) is 0 Å². The van der Waals surface area contributed by atoms with Gasteiger partial charge in [-0.15, -0.1) is 5.10 Å². The van der Waals surface area contributed by atoms with Crippen LogP contribution >= 0.6 is 0 Å². The van der Waals surface area contributed by atoms with Crippen LogP contribution < -0.4 is 11.1 Å². The molecule has 0 spiro atoms. The Kier molecular flexibility index (Phi) is 4.45. The minimum absolute atomic E-state index is 0.125. The molecule has 4 aromatic rings. The van der Waals surface area contributed by atoms with Gasteiger partial charge in [0.25, 0.3) is 0 Å². The fourth-order valence-electron chi connectivity index (χ4n) is 3.14. The minimum Gasteiger partial charge on any atom is -0.408 e. The van der Waals surface area contributed by atoms with Crippen molar-refractivity contribution in [2.24, 2.45) is 0 Å². The van der Waals surface area contributed by atoms with Gasteiger partial charge in [-0.2, -0.15) is 0 Å². The Hall–Kier alpha value is -3.42. The molecular formula is C19H19N5O3. The topological polar surface area (TPSA) is 95.0 Å². The number of nitrogens with zero attached hydrogens (tertiary/aromatic N) is 4. The Morgan fingerprint density at radius 1 is 1.15 bits per heavy atom. The van der Waals surface area contributed by atoms with E-state index in [9.17, 15) is 9.59 Å². The molecule has 0 aliphatic heterocycles. The van der Waals surface area contributed by atoms with Crippen molar-refractivity contribution in [2.75, 3.05) is 0 Å². The van der Waals surface area contributed by atoms with Gasteiger partial charge in [0, 0.05) is 19.0 Å². The molecular weight excluding hydrogens is 346 g/mol. The van der Waals surface area contributed by atoms with Gasteiger partial charge in [0.15, 0.2) is 5.58 Å². The number of fused-ring (bicyclic) bond motifs is 2. The van der Waals surface area contributed by atoms with Crippen LogP contribution in [0.1, 0.15) is 13.3 Å². The number of oxazole rings is 1. The van der Waals surface area contributed by atoms with Gasteiger partial charge in [-0.1, -0.05) is 29.5 Å². The second-order valence-electron chi connectivity index (χ2n) is 6.47. The highest BCUT2D eigenvalue weighted by Gasteiger charge is 2.13. The lowest BCUT2D eigenvalue weighted by atomic mass is 10.2. The zero-order valence-electron chi connectivity index (χ0n) is 14.8. The summed E-state index contributed by atoms with van der Waals surface area (Å²) in [4.78, 5) is 24.2. The molecule has 1 N–H and O–H groups in total. The number of para-hydroxylation sites is 3. The highest BCUT2D eigenvalue weighted by molar-refractivity contribution is 5.77. The molecule has 2 aromatic carbocycles. The second kappa shape index (κ2) is 7.06. The minimum atomic E-state index is -0.453. The number of hydrogen-bond acceptors (Lipinski definition) is 5. The third-order valence-corrected chi connectivity index (χ3v) is 4.41. The van der Waals surface area contributed by atoms with Crippen molar-refractivity contribution < 1.29 is 9.21 Å². The average molecular weight is 365 g/mol. The summed E-state index contributed by atoms with van der Waals surface area (Å²) >= 11 is 0. The molecule has 2 aromatic heterocycles. The van der Waals surface area contributed by atoms with Gasteiger partial charge in [0.05, 0.1) is 17.6 Å². The molecule has 8 heteroatoms. The predicted molar refractivity (Wildman–Crippen MR) is 100 cm³/mol.